The maximum Gasteiger partial charge on any atom is 0.240 e. The van der Waals surface area contributed by atoms with Gasteiger partial charge in [-0.3, -0.25) is 9.59 Å². The number of carbonyl (C=O) groups excluding carboxylic acids is 2. The zero-order valence-electron chi connectivity index (χ0n) is 10.1. The Morgan fingerprint density at radius 1 is 1.40 bits per heavy atom. The molecule has 3 N–H and O–H groups in total. The van der Waals surface area contributed by atoms with Gasteiger partial charge >= 0.3 is 0 Å². The minimum atomic E-state index is -0.591. The summed E-state index contributed by atoms with van der Waals surface area (Å²) in [6.07, 6.45) is 0. The van der Waals surface area contributed by atoms with Crippen molar-refractivity contribution in [1.82, 2.24) is 10.2 Å². The molecule has 0 spiro atoms. The summed E-state index contributed by atoms with van der Waals surface area (Å²) >= 11 is 0. The number of hydrogen-bond donors (Lipinski definition) is 2. The molecule has 0 fully saturated rings. The second-order valence-corrected chi connectivity index (χ2v) is 4.71. The molecule has 0 aromatic carbocycles. The maximum atomic E-state index is 11.8. The summed E-state index contributed by atoms with van der Waals surface area (Å²) in [5, 5.41) is 2.45. The summed E-state index contributed by atoms with van der Waals surface area (Å²) in [5.74, 6) is -0.418. The van der Waals surface area contributed by atoms with E-state index in [9.17, 15) is 9.59 Å². The van der Waals surface area contributed by atoms with Crippen LogP contribution in [-0.4, -0.2) is 43.4 Å². The third-order valence-electron chi connectivity index (χ3n) is 2.23. The molecule has 1 atom stereocenters. The first-order chi connectivity index (χ1) is 6.70. The first kappa shape index (κ1) is 13.9. The number of likely N-dealkylation sites (N-methyl/N-ethyl adjacent to an activating group) is 2. The number of nitrogens with one attached hydrogen (secondary N) is 1. The van der Waals surface area contributed by atoms with Gasteiger partial charge in [0.25, 0.3) is 0 Å². The largest absolute Gasteiger partial charge is 0.358 e. The number of amides is 2. The predicted octanol–water partition coefficient (Wildman–Crippen LogP) is -0.436. The van der Waals surface area contributed by atoms with Gasteiger partial charge < -0.3 is 16.0 Å². The van der Waals surface area contributed by atoms with E-state index in [2.05, 4.69) is 5.32 Å². The third kappa shape index (κ3) is 4.29. The van der Waals surface area contributed by atoms with Crippen LogP contribution in [0.5, 0.6) is 0 Å². The van der Waals surface area contributed by atoms with E-state index in [4.69, 9.17) is 5.73 Å². The molecule has 0 aromatic rings. The van der Waals surface area contributed by atoms with Gasteiger partial charge in [0.05, 0.1) is 12.6 Å². The number of hydrogen-bond acceptors (Lipinski definition) is 3. The molecule has 15 heavy (non-hydrogen) atoms. The molecule has 0 aliphatic heterocycles. The van der Waals surface area contributed by atoms with Crippen LogP contribution in [0.2, 0.25) is 0 Å². The third-order valence-corrected chi connectivity index (χ3v) is 2.23. The van der Waals surface area contributed by atoms with E-state index in [0.717, 1.165) is 0 Å². The van der Waals surface area contributed by atoms with E-state index in [-0.39, 0.29) is 23.8 Å². The van der Waals surface area contributed by atoms with Crippen LogP contribution in [0.4, 0.5) is 0 Å². The number of nitrogens with two attached hydrogens (primary N) is 1. The van der Waals surface area contributed by atoms with E-state index in [1.807, 2.05) is 20.8 Å². The smallest absolute Gasteiger partial charge is 0.240 e. The van der Waals surface area contributed by atoms with Crippen molar-refractivity contribution < 1.29 is 9.59 Å². The standard InChI is InChI=1S/C10H21N3O2/c1-10(2,3)8(11)9(15)13(5)6-7(14)12-4/h8H,6,11H2,1-5H3,(H,12,14)/t8-/m0/s1. The van der Waals surface area contributed by atoms with Crippen LogP contribution in [0.1, 0.15) is 20.8 Å². The first-order valence-corrected chi connectivity index (χ1v) is 4.91. The Bertz CT molecular complexity index is 246. The average molecular weight is 215 g/mol. The van der Waals surface area contributed by atoms with Gasteiger partial charge in [-0.05, 0) is 5.41 Å². The Kier molecular flexibility index (Phi) is 4.74. The molecule has 0 unspecified atom stereocenters. The van der Waals surface area contributed by atoms with Crippen molar-refractivity contribution in [2.75, 3.05) is 20.6 Å². The summed E-state index contributed by atoms with van der Waals surface area (Å²) in [7, 11) is 3.10. The molecule has 0 aliphatic carbocycles. The van der Waals surface area contributed by atoms with Gasteiger partial charge in [0.2, 0.25) is 11.8 Å². The molecule has 0 bridgehead atoms. The molecule has 0 aliphatic rings. The van der Waals surface area contributed by atoms with Crippen LogP contribution < -0.4 is 11.1 Å². The molecule has 0 radical (unpaired) electrons. The van der Waals surface area contributed by atoms with E-state index >= 15 is 0 Å². The molecule has 0 heterocycles. The summed E-state index contributed by atoms with van der Waals surface area (Å²) in [6, 6.07) is -0.591. The molecule has 0 aromatic heterocycles. The fraction of sp³-hybridized carbons (Fsp3) is 0.800. The lowest BCUT2D eigenvalue weighted by molar-refractivity contribution is -0.137. The highest BCUT2D eigenvalue weighted by molar-refractivity contribution is 5.87. The van der Waals surface area contributed by atoms with Crippen LogP contribution in [-0.2, 0) is 9.59 Å². The fourth-order valence-electron chi connectivity index (χ4n) is 0.980. The SMILES string of the molecule is CNC(=O)CN(C)C(=O)[C@H](N)C(C)(C)C. The van der Waals surface area contributed by atoms with Gasteiger partial charge in [0.15, 0.2) is 0 Å². The Morgan fingerprint density at radius 2 is 1.87 bits per heavy atom. The van der Waals surface area contributed by atoms with Gasteiger partial charge in [0.1, 0.15) is 0 Å². The van der Waals surface area contributed by atoms with Crippen LogP contribution in [0, 0.1) is 5.41 Å². The quantitative estimate of drug-likeness (QED) is 0.670. The topological polar surface area (TPSA) is 75.4 Å². The Labute approximate surface area is 91.0 Å². The van der Waals surface area contributed by atoms with Gasteiger partial charge in [-0.1, -0.05) is 20.8 Å². The van der Waals surface area contributed by atoms with Gasteiger partial charge in [-0.15, -0.1) is 0 Å². The lowest BCUT2D eigenvalue weighted by Gasteiger charge is -2.29. The van der Waals surface area contributed by atoms with E-state index < -0.39 is 6.04 Å². The summed E-state index contributed by atoms with van der Waals surface area (Å²) in [5.41, 5.74) is 5.49. The van der Waals surface area contributed by atoms with E-state index in [0.29, 0.717) is 0 Å². The molecule has 0 saturated carbocycles. The van der Waals surface area contributed by atoms with Crippen LogP contribution in [0.25, 0.3) is 0 Å². The summed E-state index contributed by atoms with van der Waals surface area (Å²) in [6.45, 7) is 5.72. The molecular formula is C10H21N3O2. The predicted molar refractivity (Wildman–Crippen MR) is 59.1 cm³/mol. The lowest BCUT2D eigenvalue weighted by Crippen LogP contribution is -2.51. The van der Waals surface area contributed by atoms with Crippen LogP contribution >= 0.6 is 0 Å². The second-order valence-electron chi connectivity index (χ2n) is 4.71. The van der Waals surface area contributed by atoms with Gasteiger partial charge in [-0.2, -0.15) is 0 Å². The van der Waals surface area contributed by atoms with Gasteiger partial charge in [-0.25, -0.2) is 0 Å². The van der Waals surface area contributed by atoms with E-state index in [1.165, 1.54) is 11.9 Å². The minimum Gasteiger partial charge on any atom is -0.358 e. The highest BCUT2D eigenvalue weighted by atomic mass is 16.2. The Morgan fingerprint density at radius 3 is 2.20 bits per heavy atom. The first-order valence-electron chi connectivity index (χ1n) is 4.91. The number of nitrogens with zero attached hydrogens (tertiary/aromatic N) is 1. The lowest BCUT2D eigenvalue weighted by atomic mass is 9.86. The molecular weight excluding hydrogens is 194 g/mol. The highest BCUT2D eigenvalue weighted by Crippen LogP contribution is 2.18. The van der Waals surface area contributed by atoms with Crippen molar-refractivity contribution >= 4 is 11.8 Å². The zero-order valence-corrected chi connectivity index (χ0v) is 10.1. The molecule has 88 valence electrons. The Hall–Kier alpha value is -1.10. The summed E-state index contributed by atoms with van der Waals surface area (Å²) < 4.78 is 0. The van der Waals surface area contributed by atoms with E-state index in [1.54, 1.807) is 7.05 Å². The number of carbonyl (C=O) groups is 2. The highest BCUT2D eigenvalue weighted by Gasteiger charge is 2.30. The van der Waals surface area contributed by atoms with Crippen molar-refractivity contribution in [2.24, 2.45) is 11.1 Å². The Balaban J connectivity index is 4.39. The monoisotopic (exact) mass is 215 g/mol. The van der Waals surface area contributed by atoms with Crippen molar-refractivity contribution in [3.63, 3.8) is 0 Å². The molecule has 2 amide bonds. The molecule has 5 heteroatoms. The van der Waals surface area contributed by atoms with Gasteiger partial charge in [0, 0.05) is 14.1 Å². The van der Waals surface area contributed by atoms with Crippen molar-refractivity contribution in [3.05, 3.63) is 0 Å². The normalized spacial score (nSPS) is 13.2. The molecule has 5 nitrogen and oxygen atoms in total. The minimum absolute atomic E-state index is 0.0408. The van der Waals surface area contributed by atoms with Crippen molar-refractivity contribution in [1.29, 1.82) is 0 Å². The molecule has 0 saturated heterocycles. The zero-order chi connectivity index (χ0) is 12.2. The molecule has 0 rings (SSSR count). The number of rotatable bonds is 3. The maximum absolute atomic E-state index is 11.8. The second kappa shape index (κ2) is 5.11. The van der Waals surface area contributed by atoms with Crippen LogP contribution in [0.15, 0.2) is 0 Å². The van der Waals surface area contributed by atoms with Crippen LogP contribution in [0.3, 0.4) is 0 Å². The average Bonchev–Trinajstić information content (AvgIpc) is 2.13. The van der Waals surface area contributed by atoms with Crippen molar-refractivity contribution in [3.8, 4) is 0 Å². The van der Waals surface area contributed by atoms with Crippen molar-refractivity contribution in [2.45, 2.75) is 26.8 Å². The summed E-state index contributed by atoms with van der Waals surface area (Å²) in [4.78, 5) is 24.2. The fourth-order valence-corrected chi connectivity index (χ4v) is 0.980.